The molecule has 0 spiro atoms. The molecule has 0 bridgehead atoms. The van der Waals surface area contributed by atoms with Gasteiger partial charge >= 0.3 is 17.9 Å². The van der Waals surface area contributed by atoms with Gasteiger partial charge in [0.15, 0.2) is 37.7 Å². The van der Waals surface area contributed by atoms with Crippen molar-refractivity contribution >= 4 is 17.9 Å². The van der Waals surface area contributed by atoms with Crippen molar-refractivity contribution in [3.8, 4) is 0 Å². The Labute approximate surface area is 841 Å². The van der Waals surface area contributed by atoms with Gasteiger partial charge in [0.1, 0.15) is 62.5 Å². The molecule has 0 radical (unpaired) electrons. The molecule has 0 N–H and O–H groups in total. The number of rotatable bonds is 44. The minimum atomic E-state index is -1.46. The maximum Gasteiger partial charge on any atom is 0.302 e. The van der Waals surface area contributed by atoms with E-state index in [2.05, 4.69) is 43.6 Å². The summed E-state index contributed by atoms with van der Waals surface area (Å²) in [5.74, 6) is -6.48. The van der Waals surface area contributed by atoms with Crippen molar-refractivity contribution in [3.63, 3.8) is 0 Å². The number of hydrogen-bond donors (Lipinski definition) is 0. The Hall–Kier alpha value is -10.9. The first-order chi connectivity index (χ1) is 70.0. The highest BCUT2D eigenvalue weighted by Crippen LogP contribution is 2.47. The normalized spacial score (nSPS) is 33.7. The molecule has 7 aliphatic rings. The number of nitrogens with zero attached hydrogens (tertiary/aromatic N) is 9. The predicted molar refractivity (Wildman–Crippen MR) is 529 cm³/mol. The van der Waals surface area contributed by atoms with E-state index in [1.54, 1.807) is 6.08 Å². The van der Waals surface area contributed by atoms with E-state index in [4.69, 9.17) is 99.5 Å². The van der Waals surface area contributed by atoms with E-state index in [9.17, 15) is 31.0 Å². The monoisotopic (exact) mass is 1980 g/mol. The molecule has 8 aromatic rings. The SMILES string of the molecule is C=CCO[C@@H]1C(Cc2ccccc2)O[C@@H](O[C@@H]2C(COC(C)=O)O[C@@H](OC3C(Cc4ccccc4)O[C@@H](O[C@@H]4C(COC(C)=O)O[C@@H](OC5C(Cc6ccccc6)O[C@@H](O[C@@H]6C(COC(C)=O)O[C@@H](O[C@H]7C(Cc8ccccc8)O[C@@H](C)C(C)[C@@H]7OCc7ccccc7)C(N=[N+]=[N-])[C@H]6C)C(C)[C@@H]5OCc5ccccc5)C(N=[N+]=[N-])[C@H]4C)C(C)[C@@H]3OCc3ccccc3)C(N=[N+]=[N-])[C@H]2C)C(C)[C@@H]1OCc1ccccc1. The van der Waals surface area contributed by atoms with Crippen LogP contribution >= 0.6 is 0 Å². The van der Waals surface area contributed by atoms with Gasteiger partial charge in [-0.3, -0.25) is 14.4 Å². The van der Waals surface area contributed by atoms with Crippen LogP contribution in [-0.4, -0.2) is 216 Å². The van der Waals surface area contributed by atoms with E-state index >= 15 is 0 Å². The number of azide groups is 3. The zero-order chi connectivity index (χ0) is 101. The van der Waals surface area contributed by atoms with Crippen LogP contribution in [0, 0.1) is 41.4 Å². The van der Waals surface area contributed by atoms with Crippen molar-refractivity contribution in [2.45, 2.75) is 300 Å². The molecule has 15 rings (SSSR count). The van der Waals surface area contributed by atoms with Crippen LogP contribution in [0.15, 0.2) is 271 Å². The zero-order valence-corrected chi connectivity index (χ0v) is 83.4. The zero-order valence-electron chi connectivity index (χ0n) is 83.4. The van der Waals surface area contributed by atoms with E-state index in [0.29, 0.717) is 12.8 Å². The third-order valence-corrected chi connectivity index (χ3v) is 28.5. The molecule has 7 saturated heterocycles. The molecule has 768 valence electrons. The van der Waals surface area contributed by atoms with E-state index in [0.717, 1.165) is 44.5 Å². The molecule has 0 aromatic heterocycles. The first-order valence-corrected chi connectivity index (χ1v) is 50.1. The van der Waals surface area contributed by atoms with Gasteiger partial charge < -0.3 is 99.5 Å². The fourth-order valence-electron chi connectivity index (χ4n) is 20.7. The van der Waals surface area contributed by atoms with Crippen molar-refractivity contribution in [2.75, 3.05) is 26.4 Å². The van der Waals surface area contributed by atoms with Crippen molar-refractivity contribution in [3.05, 3.63) is 331 Å². The fourth-order valence-corrected chi connectivity index (χ4v) is 20.7. The van der Waals surface area contributed by atoms with Crippen molar-refractivity contribution in [1.29, 1.82) is 0 Å². The smallest absolute Gasteiger partial charge is 0.302 e. The number of esters is 3. The molecule has 0 aliphatic carbocycles. The van der Waals surface area contributed by atoms with Gasteiger partial charge in [-0.15, -0.1) is 6.58 Å². The second-order valence-corrected chi connectivity index (χ2v) is 38.6. The molecule has 7 aliphatic heterocycles. The van der Waals surface area contributed by atoms with Crippen molar-refractivity contribution in [2.24, 2.45) is 56.8 Å². The predicted octanol–water partition coefficient (Wildman–Crippen LogP) is 18.5. The van der Waals surface area contributed by atoms with Crippen LogP contribution in [-0.2, 0) is 166 Å². The molecule has 7 fully saturated rings. The quantitative estimate of drug-likeness (QED) is 0.00854. The average molecular weight is 1980 g/mol. The Bertz CT molecular complexity index is 5370. The van der Waals surface area contributed by atoms with Crippen LogP contribution < -0.4 is 0 Å². The number of benzene rings is 8. The van der Waals surface area contributed by atoms with Crippen LogP contribution in [0.2, 0.25) is 0 Å². The molecule has 16 unspecified atom stereocenters. The highest BCUT2D eigenvalue weighted by molar-refractivity contribution is 5.66. The summed E-state index contributed by atoms with van der Waals surface area (Å²) in [4.78, 5) is 50.0. The Morgan fingerprint density at radius 2 is 0.500 bits per heavy atom. The molecule has 7 heterocycles. The second-order valence-electron chi connectivity index (χ2n) is 38.6. The Morgan fingerprint density at radius 1 is 0.278 bits per heavy atom. The highest BCUT2D eigenvalue weighted by atomic mass is 16.8. The minimum Gasteiger partial charge on any atom is -0.463 e. The summed E-state index contributed by atoms with van der Waals surface area (Å²) in [6, 6.07) is 74.6. The lowest BCUT2D eigenvalue weighted by molar-refractivity contribution is -0.373. The van der Waals surface area contributed by atoms with Crippen LogP contribution in [0.4, 0.5) is 0 Å². The Balaban J connectivity index is 0.733. The third-order valence-electron chi connectivity index (χ3n) is 28.5. The van der Waals surface area contributed by atoms with E-state index in [-0.39, 0.29) is 71.1 Å². The van der Waals surface area contributed by atoms with Gasteiger partial charge in [0, 0.05) is 84.9 Å². The number of hydrogen-bond acceptors (Lipinski definition) is 27. The summed E-state index contributed by atoms with van der Waals surface area (Å²) in [7, 11) is 0. The topological polar surface area (TPSA) is 391 Å². The first-order valence-electron chi connectivity index (χ1n) is 50.1. The van der Waals surface area contributed by atoms with Gasteiger partial charge in [0.25, 0.3) is 0 Å². The largest absolute Gasteiger partial charge is 0.463 e. The lowest BCUT2D eigenvalue weighted by Gasteiger charge is -2.52. The van der Waals surface area contributed by atoms with E-state index in [1.165, 1.54) is 20.8 Å². The van der Waals surface area contributed by atoms with Crippen LogP contribution in [0.25, 0.3) is 31.3 Å². The Kier molecular flexibility index (Phi) is 39.5. The Morgan fingerprint density at radius 3 is 0.750 bits per heavy atom. The maximum absolute atomic E-state index is 13.4. The lowest BCUT2D eigenvalue weighted by atomic mass is 9.85. The molecule has 33 heteroatoms. The molecule has 8 aromatic carbocycles. The fraction of sp³-hybridized carbons (Fsp3) is 0.523. The number of carbonyl (C=O) groups is 3. The van der Waals surface area contributed by atoms with Gasteiger partial charge in [-0.25, -0.2) is 0 Å². The van der Waals surface area contributed by atoms with Gasteiger partial charge in [-0.2, -0.15) is 0 Å². The summed E-state index contributed by atoms with van der Waals surface area (Å²) in [5.41, 5.74) is 39.6. The standard InChI is InChI=1S/C111H135N9O24/c1-13-54-124-102-85(55-77-38-22-14-23-39-77)133-106(70(6)99(102)129-60-82-48-32-19-33-49-82)139-95-68(4)93(116-119-113)110(137-89(95)63-125-74(10)121)143-104-87(57-79-42-26-16-27-43-79)135-108(72(8)101(104)131-62-84-52-36-21-37-53-84)141-97-69(5)94(117-120-114)111(138-91(97)65-127-76(12)123)144-105-88(58-80-44-28-17-29-45-80)134-107(71(7)100(105)130-61-83-50-34-20-35-51-83)140-96-67(3)92(115-118-112)109(136-90(96)64-126-75(11)122)142-103-86(56-78-40-24-15-25-41-78)132-73(9)66(2)98(103)128-59-81-46-30-18-31-47-81/h13-53,66-73,85-111H,1,54-65H2,2-12H3/t66?,67-,68-,69-,70?,71?,72?,73+,85?,86?,87?,88?,89?,90?,91?,92?,93?,94?,95+,96+,97+,98+,99+,100+,101+,102-,103+,104?,105?,106+,107+,108+,109+,110+,111+/m1/s1. The molecule has 33 nitrogen and oxygen atoms in total. The third kappa shape index (κ3) is 28.1. The average Bonchev–Trinajstić information content (AvgIpc) is 0.765. The molecule has 144 heavy (non-hydrogen) atoms. The molecule has 35 atom stereocenters. The summed E-state index contributed by atoms with van der Waals surface area (Å²) in [6.45, 7) is 23.1. The first kappa shape index (κ1) is 107. The summed E-state index contributed by atoms with van der Waals surface area (Å²) in [5, 5.41) is 13.4. The van der Waals surface area contributed by atoms with Crippen molar-refractivity contribution in [1.82, 2.24) is 0 Å². The summed E-state index contributed by atoms with van der Waals surface area (Å²) >= 11 is 0. The van der Waals surface area contributed by atoms with Gasteiger partial charge in [-0.1, -0.05) is 313 Å². The highest BCUT2D eigenvalue weighted by Gasteiger charge is 2.59. The number of ether oxygens (including phenoxy) is 21. The maximum atomic E-state index is 13.4. The van der Waals surface area contributed by atoms with E-state index in [1.807, 2.05) is 291 Å². The number of carbonyl (C=O) groups excluding carboxylic acids is 3. The molecular formula is C111H135N9O24. The second kappa shape index (κ2) is 52.9. The van der Waals surface area contributed by atoms with Crippen LogP contribution in [0.5, 0.6) is 0 Å². The van der Waals surface area contributed by atoms with Crippen LogP contribution in [0.3, 0.4) is 0 Å². The van der Waals surface area contributed by atoms with Gasteiger partial charge in [-0.05, 0) is 85.8 Å². The minimum absolute atomic E-state index is 0.0550. The van der Waals surface area contributed by atoms with Crippen LogP contribution in [0.1, 0.15) is 121 Å². The summed E-state index contributed by atoms with van der Waals surface area (Å²) < 4.78 is 148. The van der Waals surface area contributed by atoms with Gasteiger partial charge in [0.2, 0.25) is 0 Å². The molecule has 0 amide bonds. The molecule has 0 saturated carbocycles. The lowest BCUT2D eigenvalue weighted by Crippen LogP contribution is -2.65. The van der Waals surface area contributed by atoms with Crippen molar-refractivity contribution < 1.29 is 114 Å². The van der Waals surface area contributed by atoms with Gasteiger partial charge in [0.05, 0.1) is 124 Å². The van der Waals surface area contributed by atoms with E-state index < -0.39 is 226 Å². The molecular weight excluding hydrogens is 1840 g/mol. The summed E-state index contributed by atoms with van der Waals surface area (Å²) in [6.07, 6.45) is -21.4.